The molecule has 0 saturated carbocycles. The predicted molar refractivity (Wildman–Crippen MR) is 76.6 cm³/mol. The van der Waals surface area contributed by atoms with E-state index in [0.717, 1.165) is 25.7 Å². The van der Waals surface area contributed by atoms with Gasteiger partial charge in [0.15, 0.2) is 0 Å². The minimum atomic E-state index is -3.26. The Morgan fingerprint density at radius 1 is 1.06 bits per heavy atom. The molecule has 0 aromatic carbocycles. The van der Waals surface area contributed by atoms with Crippen molar-refractivity contribution in [1.29, 1.82) is 0 Å². The summed E-state index contributed by atoms with van der Waals surface area (Å²) in [6.45, 7) is 3.66. The highest BCUT2D eigenvalue weighted by Gasteiger charge is 2.37. The van der Waals surface area contributed by atoms with Gasteiger partial charge in [-0.05, 0) is 25.4 Å². The first-order chi connectivity index (χ1) is 8.54. The van der Waals surface area contributed by atoms with Crippen LogP contribution >= 0.6 is 17.0 Å². The third kappa shape index (κ3) is 9.33. The first kappa shape index (κ1) is 18.4. The average Bonchev–Trinajstić information content (AvgIpc) is 2.36. The lowest BCUT2D eigenvalue weighted by molar-refractivity contribution is 0.178. The largest absolute Gasteiger partial charge is 0.370 e. The van der Waals surface area contributed by atoms with Gasteiger partial charge in [-0.25, -0.2) is 0 Å². The van der Waals surface area contributed by atoms with Gasteiger partial charge in [-0.2, -0.15) is 8.78 Å². The molecule has 0 heterocycles. The monoisotopic (exact) mass is 300 g/mol. The highest BCUT2D eigenvalue weighted by molar-refractivity contribution is 7.64. The van der Waals surface area contributed by atoms with Crippen LogP contribution < -0.4 is 0 Å². The molecule has 0 bridgehead atoms. The summed E-state index contributed by atoms with van der Waals surface area (Å²) < 4.78 is 25.7. The van der Waals surface area contributed by atoms with Crippen LogP contribution in [0.25, 0.3) is 0 Å². The number of halogens is 2. The summed E-state index contributed by atoms with van der Waals surface area (Å²) >= 11 is 0. The molecule has 2 N–H and O–H groups in total. The van der Waals surface area contributed by atoms with Crippen molar-refractivity contribution in [2.24, 2.45) is 0 Å². The minimum absolute atomic E-state index is 0.131. The van der Waals surface area contributed by atoms with Crippen LogP contribution in [0.4, 0.5) is 8.78 Å². The number of alkyl halides is 2. The van der Waals surface area contributed by atoms with Gasteiger partial charge in [0, 0.05) is 0 Å². The van der Waals surface area contributed by atoms with Crippen molar-refractivity contribution in [3.63, 3.8) is 0 Å². The molecule has 2 nitrogen and oxygen atoms in total. The normalized spacial score (nSPS) is 14.2. The van der Waals surface area contributed by atoms with E-state index in [-0.39, 0.29) is 6.16 Å². The predicted octanol–water partition coefficient (Wildman–Crippen LogP) is 4.82. The van der Waals surface area contributed by atoms with E-state index >= 15 is 0 Å². The third-order valence-electron chi connectivity index (χ3n) is 2.74. The van der Waals surface area contributed by atoms with Gasteiger partial charge in [-0.1, -0.05) is 38.2 Å². The highest BCUT2D eigenvalue weighted by atomic mass is 31.2. The molecule has 0 aliphatic carbocycles. The first-order valence-electron chi connectivity index (χ1n) is 6.41. The van der Waals surface area contributed by atoms with Crippen LogP contribution in [-0.4, -0.2) is 21.4 Å². The summed E-state index contributed by atoms with van der Waals surface area (Å²) in [6.07, 6.45) is 10.3. The topological polar surface area (TPSA) is 40.5 Å². The zero-order chi connectivity index (χ0) is 13.9. The smallest absolute Gasteiger partial charge is 0.325 e. The van der Waals surface area contributed by atoms with Crippen molar-refractivity contribution < 1.29 is 18.6 Å². The molecule has 0 aromatic rings. The SMILES string of the molecule is C=CCCCCCCCCCP(O)C(F)(F)PO. The Morgan fingerprint density at radius 2 is 1.56 bits per heavy atom. The molecule has 0 aromatic heterocycles. The van der Waals surface area contributed by atoms with E-state index in [1.54, 1.807) is 0 Å². The second kappa shape index (κ2) is 11.2. The van der Waals surface area contributed by atoms with Crippen LogP contribution in [0.3, 0.4) is 0 Å². The number of unbranched alkanes of at least 4 members (excludes halogenated alkanes) is 7. The van der Waals surface area contributed by atoms with Crippen molar-refractivity contribution in [1.82, 2.24) is 0 Å². The van der Waals surface area contributed by atoms with Crippen LogP contribution in [0.5, 0.6) is 0 Å². The summed E-state index contributed by atoms with van der Waals surface area (Å²) in [5, 5.41) is -3.26. The molecule has 0 saturated heterocycles. The van der Waals surface area contributed by atoms with Gasteiger partial charge in [0.2, 0.25) is 0 Å². The first-order valence-corrected chi connectivity index (χ1v) is 8.83. The summed E-state index contributed by atoms with van der Waals surface area (Å²) in [5.41, 5.74) is 0. The quantitative estimate of drug-likeness (QED) is 0.308. The molecule has 0 radical (unpaired) electrons. The zero-order valence-corrected chi connectivity index (χ0v) is 12.6. The molecule has 0 rings (SSSR count). The van der Waals surface area contributed by atoms with Gasteiger partial charge in [0.05, 0.1) is 8.81 Å². The maximum atomic E-state index is 12.8. The van der Waals surface area contributed by atoms with Gasteiger partial charge < -0.3 is 9.79 Å². The molecule has 2 atom stereocenters. The van der Waals surface area contributed by atoms with E-state index in [9.17, 15) is 13.7 Å². The zero-order valence-electron chi connectivity index (χ0n) is 10.7. The maximum Gasteiger partial charge on any atom is 0.325 e. The third-order valence-corrected chi connectivity index (χ3v) is 5.47. The van der Waals surface area contributed by atoms with E-state index in [1.807, 2.05) is 6.08 Å². The van der Waals surface area contributed by atoms with Crippen LogP contribution in [0.2, 0.25) is 0 Å². The molecule has 2 unspecified atom stereocenters. The van der Waals surface area contributed by atoms with Gasteiger partial charge in [-0.15, -0.1) is 6.58 Å². The van der Waals surface area contributed by atoms with Gasteiger partial charge in [0.25, 0.3) is 0 Å². The van der Waals surface area contributed by atoms with Crippen LogP contribution in [0.1, 0.15) is 51.4 Å². The number of rotatable bonds is 12. The fourth-order valence-electron chi connectivity index (χ4n) is 1.63. The summed E-state index contributed by atoms with van der Waals surface area (Å²) in [6, 6.07) is 0. The molecule has 0 spiro atoms. The van der Waals surface area contributed by atoms with E-state index in [4.69, 9.17) is 4.89 Å². The van der Waals surface area contributed by atoms with Gasteiger partial charge >= 0.3 is 5.40 Å². The van der Waals surface area contributed by atoms with Crippen molar-refractivity contribution in [3.8, 4) is 0 Å². The Hall–Kier alpha value is 0.380. The van der Waals surface area contributed by atoms with Crippen LogP contribution in [-0.2, 0) is 0 Å². The van der Waals surface area contributed by atoms with E-state index in [2.05, 4.69) is 6.58 Å². The lowest BCUT2D eigenvalue weighted by Gasteiger charge is -2.19. The van der Waals surface area contributed by atoms with E-state index in [0.29, 0.717) is 6.42 Å². The Kier molecular flexibility index (Phi) is 11.5. The minimum Gasteiger partial charge on any atom is -0.370 e. The van der Waals surface area contributed by atoms with Crippen molar-refractivity contribution in [2.75, 3.05) is 6.16 Å². The second-order valence-corrected chi connectivity index (χ2v) is 7.41. The molecule has 0 amide bonds. The average molecular weight is 300 g/mol. The molecular formula is C12H24F2O2P2. The fraction of sp³-hybridized carbons (Fsp3) is 0.833. The molecule has 6 heteroatoms. The fourth-order valence-corrected chi connectivity index (χ4v) is 3.23. The molecular weight excluding hydrogens is 276 g/mol. The van der Waals surface area contributed by atoms with Crippen molar-refractivity contribution >= 4 is 17.0 Å². The number of hydrogen-bond donors (Lipinski definition) is 2. The Labute approximate surface area is 112 Å². The molecule has 0 aliphatic heterocycles. The summed E-state index contributed by atoms with van der Waals surface area (Å²) in [5.74, 6) is 0. The molecule has 18 heavy (non-hydrogen) atoms. The molecule has 0 fully saturated rings. The van der Waals surface area contributed by atoms with Crippen LogP contribution in [0, 0.1) is 0 Å². The van der Waals surface area contributed by atoms with Gasteiger partial charge in [0.1, 0.15) is 8.15 Å². The Balaban J connectivity index is 3.32. The van der Waals surface area contributed by atoms with Crippen molar-refractivity contribution in [2.45, 2.75) is 56.8 Å². The lowest BCUT2D eigenvalue weighted by Crippen LogP contribution is -2.07. The Bertz CT molecular complexity index is 216. The summed E-state index contributed by atoms with van der Waals surface area (Å²) in [4.78, 5) is 17.7. The lowest BCUT2D eigenvalue weighted by atomic mass is 10.1. The number of allylic oxidation sites excluding steroid dienone is 1. The Morgan fingerprint density at radius 3 is 2.06 bits per heavy atom. The van der Waals surface area contributed by atoms with Crippen molar-refractivity contribution in [3.05, 3.63) is 12.7 Å². The standard InChI is InChI=1S/C12H24F2O2P2/c1-2-3-4-5-6-7-8-9-10-11-18(16)12(13,14)17-15/h2,15-17H,1,3-11H2. The highest BCUT2D eigenvalue weighted by Crippen LogP contribution is 2.57. The second-order valence-electron chi connectivity index (χ2n) is 4.33. The number of hydrogen-bond acceptors (Lipinski definition) is 2. The molecule has 108 valence electrons. The van der Waals surface area contributed by atoms with E-state index in [1.165, 1.54) is 19.3 Å². The van der Waals surface area contributed by atoms with Gasteiger partial charge in [-0.3, -0.25) is 0 Å². The van der Waals surface area contributed by atoms with Crippen LogP contribution in [0.15, 0.2) is 12.7 Å². The summed E-state index contributed by atoms with van der Waals surface area (Å²) in [7, 11) is -3.82. The van der Waals surface area contributed by atoms with E-state index < -0.39 is 22.4 Å². The maximum absolute atomic E-state index is 12.8. The molecule has 0 aliphatic rings.